The molecule has 1 aliphatic carbocycles. The molecule has 1 saturated heterocycles. The van der Waals surface area contributed by atoms with Gasteiger partial charge in [0.2, 0.25) is 11.8 Å². The summed E-state index contributed by atoms with van der Waals surface area (Å²) in [4.78, 5) is 49.6. The van der Waals surface area contributed by atoms with Crippen molar-refractivity contribution in [2.24, 2.45) is 0 Å². The summed E-state index contributed by atoms with van der Waals surface area (Å²) < 4.78 is 56.6. The van der Waals surface area contributed by atoms with Crippen molar-refractivity contribution in [2.45, 2.75) is 44.3 Å². The van der Waals surface area contributed by atoms with Gasteiger partial charge in [-0.15, -0.1) is 0 Å². The lowest BCUT2D eigenvalue weighted by atomic mass is 9.87. The predicted molar refractivity (Wildman–Crippen MR) is 159 cm³/mol. The van der Waals surface area contributed by atoms with Crippen LogP contribution in [-0.4, -0.2) is 65.7 Å². The van der Waals surface area contributed by atoms with E-state index in [2.05, 4.69) is 10.3 Å². The third-order valence-electron chi connectivity index (χ3n) is 7.38. The summed E-state index contributed by atoms with van der Waals surface area (Å²) >= 11 is 6.48. The summed E-state index contributed by atoms with van der Waals surface area (Å²) in [6.45, 7) is -0.218. The monoisotopic (exact) mass is 644 g/mol. The largest absolute Gasteiger partial charge is 0.351 e. The zero-order chi connectivity index (χ0) is 31.8. The molecule has 9 nitrogen and oxygen atoms in total. The molecular weight excluding hydrogens is 616 g/mol. The number of nitrogens with zero attached hydrogens (tertiary/aromatic N) is 5. The summed E-state index contributed by atoms with van der Waals surface area (Å²) in [6.07, 6.45) is 0.0232. The van der Waals surface area contributed by atoms with Crippen LogP contribution < -0.4 is 15.1 Å². The molecule has 1 N–H and O–H groups in total. The second kappa shape index (κ2) is 13.2. The van der Waals surface area contributed by atoms with Crippen LogP contribution in [0.2, 0.25) is 5.02 Å². The van der Waals surface area contributed by atoms with Crippen molar-refractivity contribution in [3.8, 4) is 6.07 Å². The molecule has 2 atom stereocenters. The zero-order valence-corrected chi connectivity index (χ0v) is 23.9. The smallest absolute Gasteiger partial charge is 0.252 e. The molecule has 2 aromatic carbocycles. The van der Waals surface area contributed by atoms with E-state index in [4.69, 9.17) is 11.6 Å². The van der Waals surface area contributed by atoms with Crippen molar-refractivity contribution in [3.05, 3.63) is 88.6 Å². The lowest BCUT2D eigenvalue weighted by Crippen LogP contribution is -2.63. The number of nitriles is 1. The number of hydrogen-bond acceptors (Lipinski definition) is 6. The van der Waals surface area contributed by atoms with Gasteiger partial charge in [0.05, 0.1) is 23.9 Å². The molecule has 2 aliphatic rings. The molecule has 5 rings (SSSR count). The highest BCUT2D eigenvalue weighted by atomic mass is 35.5. The Balaban J connectivity index is 0.00000461. The average molecular weight is 645 g/mol. The highest BCUT2D eigenvalue weighted by molar-refractivity contribution is 6.31. The van der Waals surface area contributed by atoms with Crippen LogP contribution in [-0.2, 0) is 14.4 Å². The van der Waals surface area contributed by atoms with Crippen LogP contribution in [0.5, 0.6) is 0 Å². The van der Waals surface area contributed by atoms with E-state index in [9.17, 15) is 37.2 Å². The van der Waals surface area contributed by atoms with Crippen LogP contribution in [0.4, 0.5) is 29.1 Å². The Bertz CT molecular complexity index is 1640. The molecule has 2 heterocycles. The predicted octanol–water partition coefficient (Wildman–Crippen LogP) is 4.86. The third-order valence-corrected chi connectivity index (χ3v) is 7.73. The first-order chi connectivity index (χ1) is 20.9. The molecule has 2 fully saturated rings. The summed E-state index contributed by atoms with van der Waals surface area (Å²) in [7, 11) is 1.58. The standard InChI is InChI=1S/C30H25ClF4N6O3.CH4/c1-39-15-24(41(26(42)16-39)25-8-17(14-36)6-7-37-25)29(44)40(21-10-18(32)9-19(33)11-21)27(22-4-2-3-5-23(22)31)28(43)38-20-12-30(34,35)13-20;/h2-11,20,24,27H,12-13,15-16H2,1H3,(H,38,43);1H4/t24-,27-;/m0./s1. The van der Waals surface area contributed by atoms with Crippen LogP contribution in [0.25, 0.3) is 0 Å². The van der Waals surface area contributed by atoms with Gasteiger partial charge in [-0.1, -0.05) is 37.2 Å². The maximum atomic E-state index is 14.7. The van der Waals surface area contributed by atoms with Gasteiger partial charge in [0.25, 0.3) is 11.8 Å². The fourth-order valence-electron chi connectivity index (χ4n) is 5.40. The minimum Gasteiger partial charge on any atom is -0.351 e. The fraction of sp³-hybridized carbons (Fsp3) is 0.323. The Morgan fingerprint density at radius 3 is 2.42 bits per heavy atom. The number of benzene rings is 2. The molecule has 0 bridgehead atoms. The second-order valence-corrected chi connectivity index (χ2v) is 11.1. The number of anilines is 2. The number of amides is 3. The molecule has 1 aliphatic heterocycles. The normalized spacial score (nSPS) is 18.6. The summed E-state index contributed by atoms with van der Waals surface area (Å²) in [6, 6.07) is 8.82. The number of likely N-dealkylation sites (N-methyl/N-ethyl adjacent to an activating group) is 1. The Labute approximate surface area is 262 Å². The number of aromatic nitrogens is 1. The lowest BCUT2D eigenvalue weighted by molar-refractivity contribution is -0.133. The number of nitrogens with one attached hydrogen (secondary N) is 1. The molecule has 0 radical (unpaired) electrons. The molecule has 236 valence electrons. The number of carbonyl (C=O) groups is 3. The van der Waals surface area contributed by atoms with Crippen LogP contribution in [0, 0.1) is 23.0 Å². The van der Waals surface area contributed by atoms with Crippen LogP contribution >= 0.6 is 11.6 Å². The van der Waals surface area contributed by atoms with Gasteiger partial charge in [0, 0.05) is 48.3 Å². The van der Waals surface area contributed by atoms with Crippen LogP contribution in [0.15, 0.2) is 60.8 Å². The van der Waals surface area contributed by atoms with Crippen LogP contribution in [0.3, 0.4) is 0 Å². The Kier molecular flexibility index (Phi) is 9.79. The van der Waals surface area contributed by atoms with E-state index in [1.165, 1.54) is 36.5 Å². The van der Waals surface area contributed by atoms with Gasteiger partial charge in [-0.2, -0.15) is 5.26 Å². The molecule has 0 spiro atoms. The molecule has 3 aromatic rings. The highest BCUT2D eigenvalue weighted by Crippen LogP contribution is 2.39. The summed E-state index contributed by atoms with van der Waals surface area (Å²) in [5.41, 5.74) is -0.184. The van der Waals surface area contributed by atoms with E-state index in [0.717, 1.165) is 21.9 Å². The third kappa shape index (κ3) is 7.08. The van der Waals surface area contributed by atoms with Gasteiger partial charge < -0.3 is 5.32 Å². The van der Waals surface area contributed by atoms with E-state index in [1.807, 2.05) is 6.07 Å². The summed E-state index contributed by atoms with van der Waals surface area (Å²) in [5.74, 6) is -7.57. The number of piperazine rings is 1. The van der Waals surface area contributed by atoms with E-state index in [1.54, 1.807) is 18.0 Å². The number of pyridine rings is 1. The number of alkyl halides is 2. The molecule has 0 unspecified atom stereocenters. The molecular formula is C31H29ClF4N6O3. The first-order valence-electron chi connectivity index (χ1n) is 13.5. The molecule has 45 heavy (non-hydrogen) atoms. The van der Waals surface area contributed by atoms with Crippen LogP contribution in [0.1, 0.15) is 37.4 Å². The average Bonchev–Trinajstić information content (AvgIpc) is 2.94. The maximum Gasteiger partial charge on any atom is 0.252 e. The van der Waals surface area contributed by atoms with Gasteiger partial charge in [-0.25, -0.2) is 22.5 Å². The van der Waals surface area contributed by atoms with E-state index in [-0.39, 0.29) is 48.2 Å². The van der Waals surface area contributed by atoms with Gasteiger partial charge in [0.15, 0.2) is 0 Å². The van der Waals surface area contributed by atoms with Gasteiger partial charge in [0.1, 0.15) is 29.5 Å². The van der Waals surface area contributed by atoms with Gasteiger partial charge in [-0.05, 0) is 37.4 Å². The molecule has 1 aromatic heterocycles. The lowest BCUT2D eigenvalue weighted by Gasteiger charge is -2.42. The van der Waals surface area contributed by atoms with E-state index < -0.39 is 66.2 Å². The quantitative estimate of drug-likeness (QED) is 0.368. The Morgan fingerprint density at radius 1 is 1.13 bits per heavy atom. The topological polar surface area (TPSA) is 110 Å². The van der Waals surface area contributed by atoms with Crippen molar-refractivity contribution >= 4 is 40.8 Å². The van der Waals surface area contributed by atoms with E-state index >= 15 is 0 Å². The van der Waals surface area contributed by atoms with Gasteiger partial charge in [-0.3, -0.25) is 29.1 Å². The zero-order valence-electron chi connectivity index (χ0n) is 23.2. The minimum absolute atomic E-state index is 0. The maximum absolute atomic E-state index is 14.7. The molecule has 3 amide bonds. The second-order valence-electron chi connectivity index (χ2n) is 10.7. The van der Waals surface area contributed by atoms with Crippen molar-refractivity contribution in [1.82, 2.24) is 15.2 Å². The number of carbonyl (C=O) groups excluding carboxylic acids is 3. The Hall–Kier alpha value is -4.54. The van der Waals surface area contributed by atoms with E-state index in [0.29, 0.717) is 6.07 Å². The SMILES string of the molecule is C.CN1CC(=O)N(c2cc(C#N)ccn2)[C@H](C(=O)N(c2cc(F)cc(F)c2)[C@H](C(=O)NC2CC(F)(F)C2)c2ccccc2Cl)C1. The minimum atomic E-state index is -2.97. The van der Waals surface area contributed by atoms with Gasteiger partial charge >= 0.3 is 0 Å². The number of rotatable bonds is 7. The van der Waals surface area contributed by atoms with Crippen molar-refractivity contribution in [1.29, 1.82) is 5.26 Å². The fourth-order valence-corrected chi connectivity index (χ4v) is 5.64. The first kappa shape index (κ1) is 33.4. The highest BCUT2D eigenvalue weighted by Gasteiger charge is 2.48. The molecule has 1 saturated carbocycles. The number of hydrogen-bond donors (Lipinski definition) is 1. The number of halogens is 5. The van der Waals surface area contributed by atoms with Crippen molar-refractivity contribution < 1.29 is 31.9 Å². The summed E-state index contributed by atoms with van der Waals surface area (Å²) in [5, 5.41) is 11.9. The Morgan fingerprint density at radius 2 is 1.80 bits per heavy atom. The van der Waals surface area contributed by atoms with Crippen molar-refractivity contribution in [3.63, 3.8) is 0 Å². The molecule has 14 heteroatoms. The van der Waals surface area contributed by atoms with Crippen molar-refractivity contribution in [2.75, 3.05) is 29.9 Å². The first-order valence-corrected chi connectivity index (χ1v) is 13.8.